The SMILES string of the molecule is Cc1cc2oc(=O)cc(CN3CCOCC3c3ncn[nH]3)c2cc1C(C)C. The molecular weight excluding hydrogens is 344 g/mol. The summed E-state index contributed by atoms with van der Waals surface area (Å²) in [5.74, 6) is 1.18. The van der Waals surface area contributed by atoms with Crippen LogP contribution >= 0.6 is 0 Å². The van der Waals surface area contributed by atoms with Crippen LogP contribution in [0.3, 0.4) is 0 Å². The van der Waals surface area contributed by atoms with E-state index >= 15 is 0 Å². The topological polar surface area (TPSA) is 84.2 Å². The van der Waals surface area contributed by atoms with Crippen LogP contribution in [0.1, 0.15) is 48.3 Å². The fourth-order valence-corrected chi connectivity index (χ4v) is 3.82. The molecule has 1 aliphatic heterocycles. The smallest absolute Gasteiger partial charge is 0.336 e. The summed E-state index contributed by atoms with van der Waals surface area (Å²) < 4.78 is 11.1. The first kappa shape index (κ1) is 17.9. The van der Waals surface area contributed by atoms with E-state index in [9.17, 15) is 4.79 Å². The number of hydrogen-bond donors (Lipinski definition) is 1. The van der Waals surface area contributed by atoms with Crippen LogP contribution in [0.4, 0.5) is 0 Å². The molecule has 7 nitrogen and oxygen atoms in total. The van der Waals surface area contributed by atoms with Gasteiger partial charge in [-0.2, -0.15) is 5.10 Å². The van der Waals surface area contributed by atoms with Gasteiger partial charge in [0.1, 0.15) is 17.7 Å². The van der Waals surface area contributed by atoms with E-state index in [0.29, 0.717) is 31.3 Å². The Hall–Kier alpha value is -2.51. The minimum atomic E-state index is -0.321. The molecule has 4 rings (SSSR count). The van der Waals surface area contributed by atoms with Crippen molar-refractivity contribution < 1.29 is 9.15 Å². The Bertz CT molecular complexity index is 994. The van der Waals surface area contributed by atoms with E-state index in [1.165, 1.54) is 11.9 Å². The highest BCUT2D eigenvalue weighted by Gasteiger charge is 2.27. The number of fused-ring (bicyclic) bond motifs is 1. The third-order valence-electron chi connectivity index (χ3n) is 5.20. The second kappa shape index (κ2) is 7.25. The Morgan fingerprint density at radius 1 is 1.33 bits per heavy atom. The maximum atomic E-state index is 12.1. The van der Waals surface area contributed by atoms with Gasteiger partial charge in [-0.1, -0.05) is 13.8 Å². The molecule has 1 aliphatic rings. The Labute approximate surface area is 157 Å². The molecule has 1 atom stereocenters. The molecule has 1 saturated heterocycles. The van der Waals surface area contributed by atoms with E-state index in [0.717, 1.165) is 28.9 Å². The Balaban J connectivity index is 1.76. The van der Waals surface area contributed by atoms with Gasteiger partial charge in [0.25, 0.3) is 0 Å². The standard InChI is InChI=1S/C20H24N4O3/c1-12(2)15-8-16-14(7-19(25)27-18(16)6-13(15)3)9-24-4-5-26-10-17(24)20-21-11-22-23-20/h6-8,11-12,17H,4-5,9-10H2,1-3H3,(H,21,22,23). The van der Waals surface area contributed by atoms with Crippen molar-refractivity contribution in [2.45, 2.75) is 39.3 Å². The Kier molecular flexibility index (Phi) is 4.80. The fourth-order valence-electron chi connectivity index (χ4n) is 3.82. The molecule has 0 radical (unpaired) electrons. The lowest BCUT2D eigenvalue weighted by Crippen LogP contribution is -2.39. The molecule has 0 saturated carbocycles. The average molecular weight is 368 g/mol. The zero-order valence-electron chi connectivity index (χ0n) is 15.9. The van der Waals surface area contributed by atoms with Crippen LogP contribution in [-0.4, -0.2) is 39.8 Å². The summed E-state index contributed by atoms with van der Waals surface area (Å²) in [5, 5.41) is 7.89. The van der Waals surface area contributed by atoms with Gasteiger partial charge in [0, 0.05) is 24.5 Å². The lowest BCUT2D eigenvalue weighted by atomic mass is 9.94. The van der Waals surface area contributed by atoms with Gasteiger partial charge < -0.3 is 9.15 Å². The molecule has 1 aromatic carbocycles. The fraction of sp³-hybridized carbons (Fsp3) is 0.450. The van der Waals surface area contributed by atoms with E-state index < -0.39 is 0 Å². The van der Waals surface area contributed by atoms with Crippen LogP contribution in [0.15, 0.2) is 33.7 Å². The van der Waals surface area contributed by atoms with Gasteiger partial charge in [0.15, 0.2) is 0 Å². The second-order valence-electron chi connectivity index (χ2n) is 7.38. The van der Waals surface area contributed by atoms with Crippen molar-refractivity contribution in [3.8, 4) is 0 Å². The maximum Gasteiger partial charge on any atom is 0.336 e. The minimum absolute atomic E-state index is 0.0152. The van der Waals surface area contributed by atoms with Crippen LogP contribution in [0, 0.1) is 6.92 Å². The number of aromatic amines is 1. The highest BCUT2D eigenvalue weighted by atomic mass is 16.5. The molecule has 3 heterocycles. The van der Waals surface area contributed by atoms with Gasteiger partial charge >= 0.3 is 5.63 Å². The Morgan fingerprint density at radius 2 is 2.19 bits per heavy atom. The molecule has 1 N–H and O–H groups in total. The number of aromatic nitrogens is 3. The Morgan fingerprint density at radius 3 is 2.93 bits per heavy atom. The zero-order valence-corrected chi connectivity index (χ0v) is 15.9. The monoisotopic (exact) mass is 368 g/mol. The number of ether oxygens (including phenoxy) is 1. The normalized spacial score (nSPS) is 18.4. The summed E-state index contributed by atoms with van der Waals surface area (Å²) in [6.07, 6.45) is 1.51. The molecule has 1 fully saturated rings. The molecular formula is C20H24N4O3. The van der Waals surface area contributed by atoms with Crippen LogP contribution < -0.4 is 5.63 Å². The molecule has 1 unspecified atom stereocenters. The predicted octanol–water partition coefficient (Wildman–Crippen LogP) is 2.92. The number of H-pyrrole nitrogens is 1. The number of nitrogens with zero attached hydrogens (tertiary/aromatic N) is 3. The quantitative estimate of drug-likeness (QED) is 0.713. The van der Waals surface area contributed by atoms with Gasteiger partial charge in [-0.3, -0.25) is 10.00 Å². The van der Waals surface area contributed by atoms with Crippen LogP contribution in [0.2, 0.25) is 0 Å². The molecule has 2 aromatic heterocycles. The van der Waals surface area contributed by atoms with Gasteiger partial charge in [-0.05, 0) is 41.7 Å². The average Bonchev–Trinajstić information content (AvgIpc) is 3.15. The summed E-state index contributed by atoms with van der Waals surface area (Å²) in [6.45, 7) is 8.99. The van der Waals surface area contributed by atoms with E-state index in [1.807, 2.05) is 6.07 Å². The largest absolute Gasteiger partial charge is 0.423 e. The minimum Gasteiger partial charge on any atom is -0.423 e. The third kappa shape index (κ3) is 3.52. The molecule has 27 heavy (non-hydrogen) atoms. The van der Waals surface area contributed by atoms with Gasteiger partial charge in [0.2, 0.25) is 0 Å². The van der Waals surface area contributed by atoms with Crippen molar-refractivity contribution in [2.75, 3.05) is 19.8 Å². The summed E-state index contributed by atoms with van der Waals surface area (Å²) in [5.41, 5.74) is 3.70. The van der Waals surface area contributed by atoms with Gasteiger partial charge in [0.05, 0.1) is 19.3 Å². The summed E-state index contributed by atoms with van der Waals surface area (Å²) >= 11 is 0. The molecule has 142 valence electrons. The first-order valence-corrected chi connectivity index (χ1v) is 9.27. The van der Waals surface area contributed by atoms with E-state index in [1.54, 1.807) is 6.07 Å². The number of aryl methyl sites for hydroxylation is 1. The van der Waals surface area contributed by atoms with Gasteiger partial charge in [-0.25, -0.2) is 9.78 Å². The van der Waals surface area contributed by atoms with E-state index in [4.69, 9.17) is 9.15 Å². The third-order valence-corrected chi connectivity index (χ3v) is 5.20. The molecule has 0 aliphatic carbocycles. The highest BCUT2D eigenvalue weighted by Crippen LogP contribution is 2.29. The molecule has 3 aromatic rings. The molecule has 0 bridgehead atoms. The summed E-state index contributed by atoms with van der Waals surface area (Å²) in [6, 6.07) is 5.73. The van der Waals surface area contributed by atoms with Crippen LogP contribution in [-0.2, 0) is 11.3 Å². The van der Waals surface area contributed by atoms with Crippen molar-refractivity contribution in [1.82, 2.24) is 20.1 Å². The summed E-state index contributed by atoms with van der Waals surface area (Å²) in [7, 11) is 0. The predicted molar refractivity (Wildman–Crippen MR) is 102 cm³/mol. The number of rotatable bonds is 4. The highest BCUT2D eigenvalue weighted by molar-refractivity contribution is 5.82. The van der Waals surface area contributed by atoms with E-state index in [-0.39, 0.29) is 11.7 Å². The lowest BCUT2D eigenvalue weighted by Gasteiger charge is -2.34. The number of benzene rings is 1. The van der Waals surface area contributed by atoms with Crippen molar-refractivity contribution in [1.29, 1.82) is 0 Å². The van der Waals surface area contributed by atoms with Crippen molar-refractivity contribution in [3.63, 3.8) is 0 Å². The van der Waals surface area contributed by atoms with Crippen molar-refractivity contribution >= 4 is 11.0 Å². The number of nitrogens with one attached hydrogen (secondary N) is 1. The van der Waals surface area contributed by atoms with Crippen molar-refractivity contribution in [3.05, 3.63) is 57.5 Å². The molecule has 0 spiro atoms. The van der Waals surface area contributed by atoms with Crippen molar-refractivity contribution in [2.24, 2.45) is 0 Å². The zero-order chi connectivity index (χ0) is 19.0. The molecule has 7 heteroatoms. The van der Waals surface area contributed by atoms with Crippen LogP contribution in [0.25, 0.3) is 11.0 Å². The lowest BCUT2D eigenvalue weighted by molar-refractivity contribution is -0.0156. The van der Waals surface area contributed by atoms with E-state index in [2.05, 4.69) is 46.9 Å². The summed E-state index contributed by atoms with van der Waals surface area (Å²) in [4.78, 5) is 18.7. The van der Waals surface area contributed by atoms with Crippen LogP contribution in [0.5, 0.6) is 0 Å². The second-order valence-corrected chi connectivity index (χ2v) is 7.38. The van der Waals surface area contributed by atoms with Gasteiger partial charge in [-0.15, -0.1) is 0 Å². The first-order valence-electron chi connectivity index (χ1n) is 9.27. The molecule has 0 amide bonds. The number of morpholine rings is 1. The first-order chi connectivity index (χ1) is 13.0. The maximum absolute atomic E-state index is 12.1. The number of hydrogen-bond acceptors (Lipinski definition) is 6.